The third-order valence-electron chi connectivity index (χ3n) is 2.06. The van der Waals surface area contributed by atoms with Crippen LogP contribution in [0.15, 0.2) is 30.3 Å². The molecule has 1 aromatic heterocycles. The minimum Gasteiger partial charge on any atom is -0.298 e. The van der Waals surface area contributed by atoms with Gasteiger partial charge in [0, 0.05) is 10.4 Å². The lowest BCUT2D eigenvalue weighted by Crippen LogP contribution is -1.84. The number of carbonyl (C=O) groups is 1. The molecule has 2 nitrogen and oxygen atoms in total. The van der Waals surface area contributed by atoms with E-state index in [9.17, 15) is 9.18 Å². The fourth-order valence-electron chi connectivity index (χ4n) is 1.38. The summed E-state index contributed by atoms with van der Waals surface area (Å²) >= 11 is 1.27. The Morgan fingerprint density at radius 1 is 1.31 bits per heavy atom. The molecule has 1 heterocycles. The predicted molar refractivity (Wildman–Crippen MR) is 59.8 cm³/mol. The maximum atomic E-state index is 13.2. The number of halogens is 1. The second-order valence-corrected chi connectivity index (χ2v) is 4.25. The lowest BCUT2D eigenvalue weighted by molar-refractivity contribution is 0.112. The topological polar surface area (TPSA) is 40.9 Å². The number of nitriles is 1. The monoisotopic (exact) mass is 231 g/mol. The van der Waals surface area contributed by atoms with Crippen LogP contribution in [0.4, 0.5) is 4.39 Å². The first-order valence-electron chi connectivity index (χ1n) is 4.49. The van der Waals surface area contributed by atoms with E-state index in [0.717, 1.165) is 4.88 Å². The maximum Gasteiger partial charge on any atom is 0.150 e. The highest BCUT2D eigenvalue weighted by atomic mass is 32.1. The van der Waals surface area contributed by atoms with Gasteiger partial charge in [-0.3, -0.25) is 4.79 Å². The fourth-order valence-corrected chi connectivity index (χ4v) is 2.17. The Kier molecular flexibility index (Phi) is 2.80. The van der Waals surface area contributed by atoms with Gasteiger partial charge in [0.05, 0.1) is 0 Å². The van der Waals surface area contributed by atoms with Crippen molar-refractivity contribution >= 4 is 17.6 Å². The van der Waals surface area contributed by atoms with Crippen LogP contribution in [-0.2, 0) is 0 Å². The van der Waals surface area contributed by atoms with Gasteiger partial charge in [-0.2, -0.15) is 5.26 Å². The second kappa shape index (κ2) is 4.25. The highest BCUT2D eigenvalue weighted by Gasteiger charge is 2.05. The summed E-state index contributed by atoms with van der Waals surface area (Å²) in [4.78, 5) is 11.9. The lowest BCUT2D eigenvalue weighted by atomic mass is 10.1. The van der Waals surface area contributed by atoms with Crippen molar-refractivity contribution in [1.82, 2.24) is 0 Å². The number of hydrogen-bond acceptors (Lipinski definition) is 3. The van der Waals surface area contributed by atoms with Crippen LogP contribution in [0.3, 0.4) is 0 Å². The number of benzene rings is 1. The van der Waals surface area contributed by atoms with E-state index >= 15 is 0 Å². The first-order chi connectivity index (χ1) is 7.72. The van der Waals surface area contributed by atoms with Crippen LogP contribution in [0.5, 0.6) is 0 Å². The van der Waals surface area contributed by atoms with Crippen LogP contribution < -0.4 is 0 Å². The van der Waals surface area contributed by atoms with Gasteiger partial charge in [-0.05, 0) is 35.9 Å². The Hall–Kier alpha value is -1.99. The number of thiophene rings is 1. The Morgan fingerprint density at radius 2 is 2.12 bits per heavy atom. The SMILES string of the molecule is N#Cc1ccc(-c2cc(F)cc(C=O)c2)s1. The molecular weight excluding hydrogens is 225 g/mol. The van der Waals surface area contributed by atoms with E-state index in [1.54, 1.807) is 18.2 Å². The third kappa shape index (κ3) is 2.00. The minimum absolute atomic E-state index is 0.293. The summed E-state index contributed by atoms with van der Waals surface area (Å²) < 4.78 is 13.2. The Labute approximate surface area is 95.6 Å². The molecule has 0 N–H and O–H groups in total. The Bertz CT molecular complexity index is 583. The second-order valence-electron chi connectivity index (χ2n) is 3.17. The van der Waals surface area contributed by atoms with Gasteiger partial charge in [0.15, 0.2) is 0 Å². The van der Waals surface area contributed by atoms with E-state index in [0.29, 0.717) is 22.3 Å². The minimum atomic E-state index is -0.452. The van der Waals surface area contributed by atoms with E-state index in [-0.39, 0.29) is 0 Å². The highest BCUT2D eigenvalue weighted by molar-refractivity contribution is 7.16. The molecule has 16 heavy (non-hydrogen) atoms. The number of carbonyl (C=O) groups excluding carboxylic acids is 1. The van der Waals surface area contributed by atoms with Gasteiger partial charge in [-0.25, -0.2) is 4.39 Å². The van der Waals surface area contributed by atoms with Crippen LogP contribution in [-0.4, -0.2) is 6.29 Å². The zero-order chi connectivity index (χ0) is 11.5. The smallest absolute Gasteiger partial charge is 0.150 e. The first kappa shape index (κ1) is 10.5. The molecule has 0 aliphatic rings. The quantitative estimate of drug-likeness (QED) is 0.744. The van der Waals surface area contributed by atoms with Gasteiger partial charge < -0.3 is 0 Å². The summed E-state index contributed by atoms with van der Waals surface area (Å²) in [5, 5.41) is 8.68. The Morgan fingerprint density at radius 3 is 2.75 bits per heavy atom. The van der Waals surface area contributed by atoms with E-state index in [1.165, 1.54) is 23.5 Å². The molecule has 0 saturated heterocycles. The van der Waals surface area contributed by atoms with Gasteiger partial charge in [0.1, 0.15) is 23.0 Å². The normalized spacial score (nSPS) is 9.75. The van der Waals surface area contributed by atoms with Crippen LogP contribution in [0.25, 0.3) is 10.4 Å². The summed E-state index contributed by atoms with van der Waals surface area (Å²) in [6, 6.07) is 9.55. The molecule has 0 spiro atoms. The Balaban J connectivity index is 2.51. The van der Waals surface area contributed by atoms with Crippen molar-refractivity contribution in [2.24, 2.45) is 0 Å². The number of hydrogen-bond donors (Lipinski definition) is 0. The van der Waals surface area contributed by atoms with E-state index in [2.05, 4.69) is 0 Å². The van der Waals surface area contributed by atoms with Crippen molar-refractivity contribution in [3.63, 3.8) is 0 Å². The molecule has 1 aromatic carbocycles. The standard InChI is InChI=1S/C12H6FNOS/c13-10-4-8(7-15)3-9(5-10)12-2-1-11(6-14)16-12/h1-5,7H. The average molecular weight is 231 g/mol. The predicted octanol–water partition coefficient (Wildman–Crippen LogP) is 3.24. The average Bonchev–Trinajstić information content (AvgIpc) is 2.76. The molecule has 78 valence electrons. The zero-order valence-electron chi connectivity index (χ0n) is 8.11. The molecule has 4 heteroatoms. The van der Waals surface area contributed by atoms with E-state index in [4.69, 9.17) is 5.26 Å². The van der Waals surface area contributed by atoms with Gasteiger partial charge in [0.2, 0.25) is 0 Å². The third-order valence-corrected chi connectivity index (χ3v) is 3.10. The molecule has 0 bridgehead atoms. The van der Waals surface area contributed by atoms with Crippen molar-refractivity contribution in [3.8, 4) is 16.5 Å². The van der Waals surface area contributed by atoms with Gasteiger partial charge >= 0.3 is 0 Å². The largest absolute Gasteiger partial charge is 0.298 e. The van der Waals surface area contributed by atoms with Gasteiger partial charge in [0.25, 0.3) is 0 Å². The molecule has 0 radical (unpaired) electrons. The van der Waals surface area contributed by atoms with Crippen molar-refractivity contribution in [2.75, 3.05) is 0 Å². The van der Waals surface area contributed by atoms with Crippen LogP contribution in [0, 0.1) is 17.1 Å². The molecule has 0 unspecified atom stereocenters. The maximum absolute atomic E-state index is 13.2. The van der Waals surface area contributed by atoms with Crippen molar-refractivity contribution in [2.45, 2.75) is 0 Å². The first-order valence-corrected chi connectivity index (χ1v) is 5.30. The molecular formula is C12H6FNOS. The lowest BCUT2D eigenvalue weighted by Gasteiger charge is -1.99. The van der Waals surface area contributed by atoms with Crippen molar-refractivity contribution in [3.05, 3.63) is 46.6 Å². The summed E-state index contributed by atoms with van der Waals surface area (Å²) in [5.41, 5.74) is 0.913. The molecule has 0 amide bonds. The summed E-state index contributed by atoms with van der Waals surface area (Å²) in [6.07, 6.45) is 0.603. The molecule has 0 saturated carbocycles. The zero-order valence-corrected chi connectivity index (χ0v) is 8.92. The van der Waals surface area contributed by atoms with Crippen molar-refractivity contribution < 1.29 is 9.18 Å². The molecule has 0 aliphatic carbocycles. The van der Waals surface area contributed by atoms with Gasteiger partial charge in [-0.1, -0.05) is 0 Å². The number of aldehydes is 1. The highest BCUT2D eigenvalue weighted by Crippen LogP contribution is 2.28. The molecule has 0 fully saturated rings. The van der Waals surface area contributed by atoms with Crippen LogP contribution in [0.2, 0.25) is 0 Å². The van der Waals surface area contributed by atoms with E-state index < -0.39 is 5.82 Å². The van der Waals surface area contributed by atoms with Crippen molar-refractivity contribution in [1.29, 1.82) is 5.26 Å². The molecule has 0 atom stereocenters. The number of rotatable bonds is 2. The summed E-state index contributed by atoms with van der Waals surface area (Å²) in [6.45, 7) is 0. The number of nitrogens with zero attached hydrogens (tertiary/aromatic N) is 1. The molecule has 0 aliphatic heterocycles. The fraction of sp³-hybridized carbons (Fsp3) is 0. The summed E-state index contributed by atoms with van der Waals surface area (Å²) in [5.74, 6) is -0.452. The summed E-state index contributed by atoms with van der Waals surface area (Å²) in [7, 11) is 0. The molecule has 2 aromatic rings. The van der Waals surface area contributed by atoms with Gasteiger partial charge in [-0.15, -0.1) is 11.3 Å². The van der Waals surface area contributed by atoms with E-state index in [1.807, 2.05) is 6.07 Å². The van der Waals surface area contributed by atoms with Crippen LogP contribution >= 0.6 is 11.3 Å². The van der Waals surface area contributed by atoms with Crippen LogP contribution in [0.1, 0.15) is 15.2 Å². The molecule has 2 rings (SSSR count).